The Bertz CT molecular complexity index is 1820. The predicted octanol–water partition coefficient (Wildman–Crippen LogP) is 1.82. The minimum atomic E-state index is -1.23. The highest BCUT2D eigenvalue weighted by atomic mass is 16.4. The van der Waals surface area contributed by atoms with Crippen molar-refractivity contribution < 1.29 is 39.0 Å². The standard InChI is InChI=1S/C41H52N6O8/c1-5-25(4)36(46-37(50)31(44-38(51)35(42)24(2)3)19-27-15-17-30(48)18-16-27)39(52)45-32-21-28-13-9-10-14-29(28)22-47(40(32)53)23-34(49)43-33(41(54)55)20-26-11-7-6-8-12-26/h6-18,24-25,31-33,35-36,48H,5,19-23,42H2,1-4H3,(H,43,49)(H,44,51)(H,45,52)(H,46,50)(H,54,55)/t25-,31-,32-,33-,35-,36-/m0/s1. The van der Waals surface area contributed by atoms with E-state index in [1.54, 1.807) is 69.3 Å². The largest absolute Gasteiger partial charge is 0.508 e. The lowest BCUT2D eigenvalue weighted by molar-refractivity contribution is -0.143. The van der Waals surface area contributed by atoms with Crippen LogP contribution in [0.1, 0.15) is 56.4 Å². The number of aromatic hydroxyl groups is 1. The summed E-state index contributed by atoms with van der Waals surface area (Å²) < 4.78 is 0. The lowest BCUT2D eigenvalue weighted by Gasteiger charge is -2.30. The van der Waals surface area contributed by atoms with Crippen LogP contribution in [0.25, 0.3) is 0 Å². The number of carboxylic acid groups (broad SMARTS) is 1. The second kappa shape index (κ2) is 19.5. The summed E-state index contributed by atoms with van der Waals surface area (Å²) in [5, 5.41) is 30.5. The summed E-state index contributed by atoms with van der Waals surface area (Å²) in [6, 6.07) is 16.8. The minimum Gasteiger partial charge on any atom is -0.508 e. The molecule has 0 saturated heterocycles. The van der Waals surface area contributed by atoms with Crippen LogP contribution < -0.4 is 27.0 Å². The van der Waals surface area contributed by atoms with Crippen molar-refractivity contribution in [2.24, 2.45) is 17.6 Å². The van der Waals surface area contributed by atoms with Crippen LogP contribution in [0.2, 0.25) is 0 Å². The zero-order valence-electron chi connectivity index (χ0n) is 31.7. The summed E-state index contributed by atoms with van der Waals surface area (Å²) >= 11 is 0. The van der Waals surface area contributed by atoms with Crippen molar-refractivity contribution in [2.45, 2.75) is 90.1 Å². The molecule has 0 aliphatic carbocycles. The summed E-state index contributed by atoms with van der Waals surface area (Å²) in [5.74, 6) is -4.85. The van der Waals surface area contributed by atoms with E-state index in [4.69, 9.17) is 5.73 Å². The zero-order chi connectivity index (χ0) is 40.2. The topological polar surface area (TPSA) is 220 Å². The number of phenols is 1. The van der Waals surface area contributed by atoms with E-state index in [0.717, 1.165) is 11.1 Å². The molecule has 8 N–H and O–H groups in total. The van der Waals surface area contributed by atoms with E-state index >= 15 is 0 Å². The first-order chi connectivity index (χ1) is 26.2. The number of aliphatic carboxylic acids is 1. The third-order valence-corrected chi connectivity index (χ3v) is 9.90. The van der Waals surface area contributed by atoms with Gasteiger partial charge in [-0.25, -0.2) is 4.79 Å². The lowest BCUT2D eigenvalue weighted by Crippen LogP contribution is -2.60. The van der Waals surface area contributed by atoms with Gasteiger partial charge in [-0.15, -0.1) is 0 Å². The SMILES string of the molecule is CC[C@H](C)[C@H](NC(=O)[C@H](Cc1ccc(O)cc1)NC(=O)[C@@H](N)C(C)C)C(=O)N[C@H]1Cc2ccccc2CN(CC(=O)N[C@@H](Cc2ccccc2)C(=O)O)C1=O. The zero-order valence-corrected chi connectivity index (χ0v) is 31.7. The smallest absolute Gasteiger partial charge is 0.326 e. The van der Waals surface area contributed by atoms with Crippen LogP contribution in [0.3, 0.4) is 0 Å². The number of nitrogens with zero attached hydrogens (tertiary/aromatic N) is 1. The van der Waals surface area contributed by atoms with Crippen LogP contribution >= 0.6 is 0 Å². The van der Waals surface area contributed by atoms with E-state index < -0.39 is 78.2 Å². The second-order valence-corrected chi connectivity index (χ2v) is 14.4. The Morgan fingerprint density at radius 2 is 1.38 bits per heavy atom. The molecule has 1 aliphatic heterocycles. The average molecular weight is 757 g/mol. The summed E-state index contributed by atoms with van der Waals surface area (Å²) in [4.78, 5) is 81.8. The number of phenolic OH excluding ortho intramolecular Hbond substituents is 1. The predicted molar refractivity (Wildman–Crippen MR) is 205 cm³/mol. The van der Waals surface area contributed by atoms with Gasteiger partial charge in [0.15, 0.2) is 0 Å². The van der Waals surface area contributed by atoms with Crippen LogP contribution in [0, 0.1) is 11.8 Å². The van der Waals surface area contributed by atoms with Crippen LogP contribution in [0.15, 0.2) is 78.9 Å². The van der Waals surface area contributed by atoms with Gasteiger partial charge in [0.05, 0.1) is 12.6 Å². The van der Waals surface area contributed by atoms with Gasteiger partial charge in [-0.05, 0) is 46.2 Å². The second-order valence-electron chi connectivity index (χ2n) is 14.4. The van der Waals surface area contributed by atoms with Crippen LogP contribution in [0.4, 0.5) is 0 Å². The summed E-state index contributed by atoms with van der Waals surface area (Å²) in [5.41, 5.74) is 8.98. The molecule has 294 valence electrons. The fourth-order valence-corrected chi connectivity index (χ4v) is 6.30. The van der Waals surface area contributed by atoms with Crippen molar-refractivity contribution in [3.05, 3.63) is 101 Å². The monoisotopic (exact) mass is 756 g/mol. The molecule has 14 heteroatoms. The van der Waals surface area contributed by atoms with Crippen molar-refractivity contribution in [2.75, 3.05) is 6.54 Å². The first-order valence-corrected chi connectivity index (χ1v) is 18.5. The Morgan fingerprint density at radius 3 is 2.00 bits per heavy atom. The number of rotatable bonds is 17. The van der Waals surface area contributed by atoms with Gasteiger partial charge in [0.1, 0.15) is 29.9 Å². The molecule has 1 heterocycles. The molecule has 0 saturated carbocycles. The number of hydrogen-bond donors (Lipinski definition) is 7. The quantitative estimate of drug-likeness (QED) is 0.107. The number of benzene rings is 3. The maximum Gasteiger partial charge on any atom is 0.326 e. The Balaban J connectivity index is 1.54. The fourth-order valence-electron chi connectivity index (χ4n) is 6.30. The molecule has 4 rings (SSSR count). The Morgan fingerprint density at radius 1 is 0.782 bits per heavy atom. The highest BCUT2D eigenvalue weighted by molar-refractivity contribution is 5.96. The number of carbonyl (C=O) groups excluding carboxylic acids is 5. The van der Waals surface area contributed by atoms with Crippen molar-refractivity contribution in [3.63, 3.8) is 0 Å². The van der Waals surface area contributed by atoms with E-state index in [9.17, 15) is 39.0 Å². The number of carbonyl (C=O) groups is 6. The molecule has 6 atom stereocenters. The van der Waals surface area contributed by atoms with E-state index in [0.29, 0.717) is 17.5 Å². The average Bonchev–Trinajstić information content (AvgIpc) is 3.28. The molecule has 3 aromatic rings. The molecule has 0 unspecified atom stereocenters. The molecule has 3 aromatic carbocycles. The van der Waals surface area contributed by atoms with Gasteiger partial charge in [-0.2, -0.15) is 0 Å². The van der Waals surface area contributed by atoms with Crippen LogP contribution in [0.5, 0.6) is 5.75 Å². The van der Waals surface area contributed by atoms with Gasteiger partial charge in [-0.1, -0.05) is 101 Å². The molecule has 0 radical (unpaired) electrons. The van der Waals surface area contributed by atoms with Gasteiger partial charge >= 0.3 is 5.97 Å². The molecule has 0 spiro atoms. The molecule has 55 heavy (non-hydrogen) atoms. The molecule has 0 aromatic heterocycles. The Kier molecular flexibility index (Phi) is 14.9. The minimum absolute atomic E-state index is 0.0338. The van der Waals surface area contributed by atoms with E-state index in [1.165, 1.54) is 17.0 Å². The number of carboxylic acids is 1. The fraction of sp³-hybridized carbons (Fsp3) is 0.415. The summed E-state index contributed by atoms with van der Waals surface area (Å²) in [6.07, 6.45) is 0.677. The molecule has 0 fully saturated rings. The van der Waals surface area contributed by atoms with E-state index in [2.05, 4.69) is 21.3 Å². The number of amides is 5. The van der Waals surface area contributed by atoms with Crippen molar-refractivity contribution in [1.29, 1.82) is 0 Å². The normalized spacial score (nSPS) is 16.7. The Labute approximate surface area is 321 Å². The van der Waals surface area contributed by atoms with Crippen molar-refractivity contribution >= 4 is 35.5 Å². The van der Waals surface area contributed by atoms with Gasteiger partial charge in [-0.3, -0.25) is 24.0 Å². The maximum atomic E-state index is 14.1. The first-order valence-electron chi connectivity index (χ1n) is 18.5. The first kappa shape index (κ1) is 42.0. The molecule has 1 aliphatic rings. The molecule has 0 bridgehead atoms. The highest BCUT2D eigenvalue weighted by Gasteiger charge is 2.36. The van der Waals surface area contributed by atoms with Crippen molar-refractivity contribution in [1.82, 2.24) is 26.2 Å². The van der Waals surface area contributed by atoms with Crippen LogP contribution in [-0.2, 0) is 54.6 Å². The number of nitrogens with one attached hydrogen (secondary N) is 4. The van der Waals surface area contributed by atoms with Crippen LogP contribution in [-0.4, -0.2) is 87.4 Å². The lowest BCUT2D eigenvalue weighted by atomic mass is 9.96. The highest BCUT2D eigenvalue weighted by Crippen LogP contribution is 2.21. The van der Waals surface area contributed by atoms with Gasteiger partial charge in [0.2, 0.25) is 29.5 Å². The molecule has 5 amide bonds. The third-order valence-electron chi connectivity index (χ3n) is 9.90. The number of fused-ring (bicyclic) bond motifs is 1. The molecular formula is C41H52N6O8. The third kappa shape index (κ3) is 11.9. The van der Waals surface area contributed by atoms with Gasteiger partial charge < -0.3 is 42.1 Å². The molecular weight excluding hydrogens is 704 g/mol. The number of nitrogens with two attached hydrogens (primary N) is 1. The molecule has 14 nitrogen and oxygen atoms in total. The summed E-state index contributed by atoms with van der Waals surface area (Å²) in [7, 11) is 0. The number of hydrogen-bond acceptors (Lipinski definition) is 8. The van der Waals surface area contributed by atoms with E-state index in [-0.39, 0.29) is 37.5 Å². The van der Waals surface area contributed by atoms with Gasteiger partial charge in [0.25, 0.3) is 0 Å². The van der Waals surface area contributed by atoms with E-state index in [1.807, 2.05) is 25.1 Å². The maximum absolute atomic E-state index is 14.1. The Hall–Kier alpha value is -5.76. The summed E-state index contributed by atoms with van der Waals surface area (Å²) in [6.45, 7) is 6.78. The van der Waals surface area contributed by atoms with Gasteiger partial charge in [0, 0.05) is 25.8 Å². The van der Waals surface area contributed by atoms with Crippen molar-refractivity contribution in [3.8, 4) is 5.75 Å².